The Balaban J connectivity index is 1.91. The van der Waals surface area contributed by atoms with Crippen LogP contribution in [0.5, 0.6) is 0 Å². The summed E-state index contributed by atoms with van der Waals surface area (Å²) in [6.45, 7) is 2.57. The lowest BCUT2D eigenvalue weighted by Crippen LogP contribution is -2.70. The Labute approximate surface area is 136 Å². The average Bonchev–Trinajstić information content (AvgIpc) is 2.55. The number of fused-ring (bicyclic) bond motifs is 4. The average molecular weight is 297 g/mol. The van der Waals surface area contributed by atoms with Crippen LogP contribution >= 0.6 is 0 Å². The van der Waals surface area contributed by atoms with Crippen LogP contribution in [-0.4, -0.2) is 11.7 Å². The van der Waals surface area contributed by atoms with Crippen LogP contribution < -0.4 is 21.1 Å². The van der Waals surface area contributed by atoms with Gasteiger partial charge in [-0.15, -0.1) is 0 Å². The summed E-state index contributed by atoms with van der Waals surface area (Å²) >= 11 is 0. The molecule has 1 aromatic carbocycles. The van der Waals surface area contributed by atoms with E-state index in [1.165, 1.54) is 44.5 Å². The molecule has 0 spiro atoms. The van der Waals surface area contributed by atoms with E-state index in [9.17, 15) is 0 Å². The van der Waals surface area contributed by atoms with Gasteiger partial charge >= 0.3 is 6.71 Å². The van der Waals surface area contributed by atoms with Crippen LogP contribution in [0, 0.1) is 6.92 Å². The van der Waals surface area contributed by atoms with Crippen LogP contribution in [0.15, 0.2) is 48.8 Å². The molecule has 4 heterocycles. The van der Waals surface area contributed by atoms with Gasteiger partial charge in [0.15, 0.2) is 6.20 Å². The van der Waals surface area contributed by atoms with Gasteiger partial charge in [-0.3, -0.25) is 4.98 Å². The summed E-state index contributed by atoms with van der Waals surface area (Å²) in [6.07, 6.45) is 6.14. The monoisotopic (exact) mass is 297 g/mol. The van der Waals surface area contributed by atoms with E-state index in [1.807, 2.05) is 6.20 Å². The van der Waals surface area contributed by atoms with Crippen molar-refractivity contribution in [1.82, 2.24) is 4.98 Å². The molecule has 0 atom stereocenters. The summed E-state index contributed by atoms with van der Waals surface area (Å²) in [6, 6.07) is 13.4. The van der Waals surface area contributed by atoms with E-state index < -0.39 is 0 Å². The number of rotatable bonds is 0. The van der Waals surface area contributed by atoms with E-state index in [1.54, 1.807) is 0 Å². The predicted octanol–water partition coefficient (Wildman–Crippen LogP) is 0.539. The third-order valence-corrected chi connectivity index (χ3v) is 5.48. The number of aryl methyl sites for hydroxylation is 2. The molecule has 3 aromatic rings. The molecule has 110 valence electrons. The lowest BCUT2D eigenvalue weighted by Gasteiger charge is -2.31. The molecule has 2 aliphatic heterocycles. The van der Waals surface area contributed by atoms with Crippen LogP contribution in [0.1, 0.15) is 27.9 Å². The van der Waals surface area contributed by atoms with Crippen molar-refractivity contribution in [3.8, 4) is 0 Å². The number of hydrogen-bond acceptors (Lipinski definition) is 1. The minimum Gasteiger partial charge on any atom is -0.261 e. The lowest BCUT2D eigenvalue weighted by molar-refractivity contribution is -0.654. The van der Waals surface area contributed by atoms with Gasteiger partial charge in [0, 0.05) is 29.9 Å². The van der Waals surface area contributed by atoms with Gasteiger partial charge in [0.05, 0.1) is 0 Å². The molecule has 3 heteroatoms. The summed E-state index contributed by atoms with van der Waals surface area (Å²) in [4.78, 5) is 4.73. The Kier molecular flexibility index (Phi) is 2.58. The summed E-state index contributed by atoms with van der Waals surface area (Å²) in [5, 5.41) is 0. The highest BCUT2D eigenvalue weighted by atomic mass is 14.9. The molecule has 2 aromatic heterocycles. The molecule has 2 nitrogen and oxygen atoms in total. The van der Waals surface area contributed by atoms with Crippen molar-refractivity contribution in [1.29, 1.82) is 0 Å². The van der Waals surface area contributed by atoms with Crippen LogP contribution in [0.4, 0.5) is 0 Å². The second-order valence-corrected chi connectivity index (χ2v) is 6.79. The van der Waals surface area contributed by atoms with Crippen molar-refractivity contribution >= 4 is 23.2 Å². The molecule has 0 aliphatic carbocycles. The van der Waals surface area contributed by atoms with Crippen LogP contribution in [-0.2, 0) is 19.9 Å². The van der Waals surface area contributed by atoms with Crippen molar-refractivity contribution in [2.45, 2.75) is 19.8 Å². The molecule has 0 saturated carbocycles. The van der Waals surface area contributed by atoms with Crippen molar-refractivity contribution in [2.24, 2.45) is 7.05 Å². The minimum atomic E-state index is 0.327. The quantitative estimate of drug-likeness (QED) is 0.301. The van der Waals surface area contributed by atoms with E-state index in [4.69, 9.17) is 4.98 Å². The Morgan fingerprint density at radius 1 is 0.957 bits per heavy atom. The zero-order valence-corrected chi connectivity index (χ0v) is 13.5. The predicted molar refractivity (Wildman–Crippen MR) is 93.3 cm³/mol. The van der Waals surface area contributed by atoms with E-state index >= 15 is 0 Å². The van der Waals surface area contributed by atoms with E-state index in [-0.39, 0.29) is 0 Å². The van der Waals surface area contributed by atoms with Gasteiger partial charge in [-0.2, -0.15) is 0 Å². The topological polar surface area (TPSA) is 16.8 Å². The molecule has 0 unspecified atom stereocenters. The Morgan fingerprint density at radius 3 is 2.70 bits per heavy atom. The third kappa shape index (κ3) is 1.71. The maximum absolute atomic E-state index is 4.73. The van der Waals surface area contributed by atoms with Gasteiger partial charge in [0.25, 0.3) is 0 Å². The molecular weight excluding hydrogens is 279 g/mol. The van der Waals surface area contributed by atoms with Gasteiger partial charge in [0.2, 0.25) is 0 Å². The maximum Gasteiger partial charge on any atom is 0.328 e. The SMILES string of the molecule is Cc1cccc2c1B1c3c(ccnc3Cc3ccc[n+](C)c31)C2. The van der Waals surface area contributed by atoms with Crippen LogP contribution in [0.2, 0.25) is 0 Å². The van der Waals surface area contributed by atoms with Crippen molar-refractivity contribution in [2.75, 3.05) is 0 Å². The Morgan fingerprint density at radius 2 is 1.78 bits per heavy atom. The fourth-order valence-electron chi connectivity index (χ4n) is 4.54. The molecular formula is C20H18BN2+. The second-order valence-electron chi connectivity index (χ2n) is 6.79. The summed E-state index contributed by atoms with van der Waals surface area (Å²) in [5.74, 6) is 0. The Hall–Kier alpha value is -2.42. The maximum atomic E-state index is 4.73. The second kappa shape index (κ2) is 4.54. The van der Waals surface area contributed by atoms with E-state index in [0.29, 0.717) is 6.71 Å². The highest BCUT2D eigenvalue weighted by Gasteiger charge is 2.43. The fraction of sp³-hybridized carbons (Fsp3) is 0.200. The number of aromatic nitrogens is 2. The van der Waals surface area contributed by atoms with Gasteiger partial charge in [-0.1, -0.05) is 29.2 Å². The first-order valence-corrected chi connectivity index (χ1v) is 8.26. The molecule has 0 saturated heterocycles. The first-order valence-electron chi connectivity index (χ1n) is 8.26. The molecule has 0 bridgehead atoms. The Bertz CT molecular complexity index is 855. The molecule has 5 rings (SSSR count). The van der Waals surface area contributed by atoms with Crippen molar-refractivity contribution in [3.63, 3.8) is 0 Å². The molecule has 0 radical (unpaired) electrons. The fourth-order valence-corrected chi connectivity index (χ4v) is 4.54. The van der Waals surface area contributed by atoms with Gasteiger partial charge in [-0.05, 0) is 42.1 Å². The molecule has 2 aliphatic rings. The number of nitrogens with zero attached hydrogens (tertiary/aromatic N) is 2. The molecule has 0 fully saturated rings. The molecule has 0 N–H and O–H groups in total. The highest BCUT2D eigenvalue weighted by molar-refractivity contribution is 6.96. The highest BCUT2D eigenvalue weighted by Crippen LogP contribution is 2.21. The smallest absolute Gasteiger partial charge is 0.261 e. The van der Waals surface area contributed by atoms with Gasteiger partial charge in [0.1, 0.15) is 12.6 Å². The number of benzene rings is 1. The normalized spacial score (nSPS) is 14.1. The number of pyridine rings is 2. The third-order valence-electron chi connectivity index (χ3n) is 5.48. The zero-order chi connectivity index (χ0) is 15.6. The lowest BCUT2D eigenvalue weighted by atomic mass is 9.32. The van der Waals surface area contributed by atoms with Crippen molar-refractivity contribution < 1.29 is 4.57 Å². The van der Waals surface area contributed by atoms with E-state index in [0.717, 1.165) is 12.8 Å². The van der Waals surface area contributed by atoms with Gasteiger partial charge in [-0.25, -0.2) is 4.57 Å². The van der Waals surface area contributed by atoms with Crippen LogP contribution in [0.3, 0.4) is 0 Å². The molecule has 23 heavy (non-hydrogen) atoms. The van der Waals surface area contributed by atoms with E-state index in [2.05, 4.69) is 61.1 Å². The molecule has 0 amide bonds. The summed E-state index contributed by atoms with van der Waals surface area (Å²) in [5.41, 5.74) is 11.4. The van der Waals surface area contributed by atoms with Gasteiger partial charge < -0.3 is 0 Å². The summed E-state index contributed by atoms with van der Waals surface area (Å²) < 4.78 is 2.31. The summed E-state index contributed by atoms with van der Waals surface area (Å²) in [7, 11) is 2.17. The van der Waals surface area contributed by atoms with Crippen LogP contribution in [0.25, 0.3) is 0 Å². The largest absolute Gasteiger partial charge is 0.328 e. The first-order chi connectivity index (χ1) is 11.2. The standard InChI is InChI=1S/C20H18BN2/c1-13-5-3-6-14-11-15-8-9-22-17-12-16-7-4-10-23(2)20(16)21(18(13)14)19(15)17/h3-10H,11-12H2,1-2H3/q+1. The van der Waals surface area contributed by atoms with Crippen molar-refractivity contribution in [3.05, 3.63) is 76.7 Å². The zero-order valence-electron chi connectivity index (χ0n) is 13.5. The number of hydrogen-bond donors (Lipinski definition) is 0. The minimum absolute atomic E-state index is 0.327. The first kappa shape index (κ1) is 13.1.